The lowest BCUT2D eigenvalue weighted by Gasteiger charge is -2.22. The molecular weight excluding hydrogens is 562 g/mol. The van der Waals surface area contributed by atoms with Gasteiger partial charge in [0.1, 0.15) is 18.2 Å². The third-order valence-electron chi connectivity index (χ3n) is 6.95. The summed E-state index contributed by atoms with van der Waals surface area (Å²) in [5, 5.41) is 0. The van der Waals surface area contributed by atoms with Crippen LogP contribution in [-0.4, -0.2) is 62.5 Å². The number of carbonyl (C=O) groups is 4. The molecule has 0 saturated heterocycles. The summed E-state index contributed by atoms with van der Waals surface area (Å²) in [7, 11) is 0. The van der Waals surface area contributed by atoms with E-state index in [0.29, 0.717) is 5.56 Å². The molecule has 0 heterocycles. The fraction of sp³-hybridized carbons (Fsp3) is 0.677. The molecule has 0 amide bonds. The van der Waals surface area contributed by atoms with E-state index < -0.39 is 42.7 Å². The standard InChI is InChI=1S/C31H49NO11/c1-9-19(4)16-37-29(34)41-23(8)22(7)40-28(33)25(32)14-24-12-13-26(42-30(35)38-17-20(5)10-2)27(15-24)43-31(36)39-18-21(6)11-3/h12-13,15,19-23,25H,9-11,14,16-18,32H2,1-8H3/t19?,20?,21?,22-,23-,25-/m0/s1. The summed E-state index contributed by atoms with van der Waals surface area (Å²) in [5.74, 6) is -0.460. The average Bonchev–Trinajstić information content (AvgIpc) is 2.98. The van der Waals surface area contributed by atoms with Crippen molar-refractivity contribution in [1.82, 2.24) is 0 Å². The van der Waals surface area contributed by atoms with Gasteiger partial charge in [0.2, 0.25) is 0 Å². The van der Waals surface area contributed by atoms with Crippen molar-refractivity contribution in [2.45, 2.75) is 99.3 Å². The second kappa shape index (κ2) is 19.6. The van der Waals surface area contributed by atoms with Crippen LogP contribution in [0.15, 0.2) is 18.2 Å². The monoisotopic (exact) mass is 611 g/mol. The molecule has 0 aliphatic carbocycles. The molecule has 12 heteroatoms. The molecule has 0 aliphatic rings. The van der Waals surface area contributed by atoms with Gasteiger partial charge in [-0.15, -0.1) is 0 Å². The van der Waals surface area contributed by atoms with Crippen LogP contribution >= 0.6 is 0 Å². The van der Waals surface area contributed by atoms with Crippen molar-refractivity contribution in [1.29, 1.82) is 0 Å². The van der Waals surface area contributed by atoms with E-state index in [4.69, 9.17) is 38.9 Å². The van der Waals surface area contributed by atoms with Gasteiger partial charge >= 0.3 is 24.4 Å². The molecule has 3 unspecified atom stereocenters. The van der Waals surface area contributed by atoms with Gasteiger partial charge in [0.05, 0.1) is 19.8 Å². The highest BCUT2D eigenvalue weighted by Gasteiger charge is 2.26. The van der Waals surface area contributed by atoms with E-state index in [1.807, 2.05) is 41.5 Å². The van der Waals surface area contributed by atoms with Crippen molar-refractivity contribution in [3.63, 3.8) is 0 Å². The Hall–Kier alpha value is -3.54. The smallest absolute Gasteiger partial charge is 0.458 e. The maximum atomic E-state index is 12.7. The van der Waals surface area contributed by atoms with E-state index in [2.05, 4.69) is 0 Å². The van der Waals surface area contributed by atoms with E-state index in [0.717, 1.165) is 19.3 Å². The first-order valence-electron chi connectivity index (χ1n) is 14.9. The van der Waals surface area contributed by atoms with Crippen molar-refractivity contribution in [2.24, 2.45) is 23.5 Å². The van der Waals surface area contributed by atoms with Gasteiger partial charge in [0.25, 0.3) is 0 Å². The molecule has 1 aromatic rings. The molecule has 0 fully saturated rings. The van der Waals surface area contributed by atoms with Gasteiger partial charge in [0.15, 0.2) is 11.5 Å². The van der Waals surface area contributed by atoms with Crippen molar-refractivity contribution < 1.29 is 52.3 Å². The first-order valence-corrected chi connectivity index (χ1v) is 14.9. The van der Waals surface area contributed by atoms with Crippen LogP contribution in [0.2, 0.25) is 0 Å². The minimum Gasteiger partial charge on any atom is -0.458 e. The molecule has 43 heavy (non-hydrogen) atoms. The molecule has 0 saturated carbocycles. The average molecular weight is 612 g/mol. The number of hydrogen-bond donors (Lipinski definition) is 1. The Morgan fingerprint density at radius 3 is 1.58 bits per heavy atom. The molecule has 0 radical (unpaired) electrons. The minimum absolute atomic E-state index is 0.00520. The Morgan fingerprint density at radius 2 is 1.09 bits per heavy atom. The fourth-order valence-corrected chi connectivity index (χ4v) is 3.05. The van der Waals surface area contributed by atoms with Crippen LogP contribution in [0.25, 0.3) is 0 Å². The predicted octanol–water partition coefficient (Wildman–Crippen LogP) is 6.20. The second-order valence-electron chi connectivity index (χ2n) is 11.0. The number of esters is 1. The van der Waals surface area contributed by atoms with E-state index >= 15 is 0 Å². The van der Waals surface area contributed by atoms with Crippen molar-refractivity contribution in [3.8, 4) is 11.5 Å². The number of ether oxygens (including phenoxy) is 7. The van der Waals surface area contributed by atoms with Crippen molar-refractivity contribution >= 4 is 24.4 Å². The first kappa shape index (κ1) is 37.5. The first-order chi connectivity index (χ1) is 20.3. The summed E-state index contributed by atoms with van der Waals surface area (Å²) in [5.41, 5.74) is 6.58. The maximum absolute atomic E-state index is 12.7. The van der Waals surface area contributed by atoms with Gasteiger partial charge in [-0.25, -0.2) is 14.4 Å². The van der Waals surface area contributed by atoms with Gasteiger partial charge in [-0.05, 0) is 55.7 Å². The van der Waals surface area contributed by atoms with Gasteiger partial charge in [-0.3, -0.25) is 4.79 Å². The second-order valence-corrected chi connectivity index (χ2v) is 11.0. The Labute approximate surface area is 254 Å². The highest BCUT2D eigenvalue weighted by molar-refractivity contribution is 5.76. The highest BCUT2D eigenvalue weighted by atomic mass is 16.7. The quantitative estimate of drug-likeness (QED) is 0.121. The molecule has 2 N–H and O–H groups in total. The molecule has 6 atom stereocenters. The van der Waals surface area contributed by atoms with Crippen molar-refractivity contribution in [2.75, 3.05) is 19.8 Å². The summed E-state index contributed by atoms with van der Waals surface area (Å²) >= 11 is 0. The lowest BCUT2D eigenvalue weighted by molar-refractivity contribution is -0.155. The molecule has 0 aliphatic heterocycles. The number of nitrogens with two attached hydrogens (primary N) is 1. The molecule has 0 spiro atoms. The summed E-state index contributed by atoms with van der Waals surface area (Å²) in [6, 6.07) is 3.27. The Morgan fingerprint density at radius 1 is 0.651 bits per heavy atom. The Kier molecular flexibility index (Phi) is 17.1. The lowest BCUT2D eigenvalue weighted by atomic mass is 10.1. The zero-order chi connectivity index (χ0) is 32.5. The number of benzene rings is 1. The Balaban J connectivity index is 2.89. The Bertz CT molecular complexity index is 1030. The SMILES string of the molecule is CCC(C)COC(=O)Oc1ccc(C[C@H](N)C(=O)O[C@@H](C)[C@H](C)OC(=O)OCC(C)CC)cc1OC(=O)OCC(C)CC. The van der Waals surface area contributed by atoms with Gasteiger partial charge in [-0.2, -0.15) is 0 Å². The number of rotatable bonds is 17. The number of hydrogen-bond acceptors (Lipinski definition) is 12. The third-order valence-corrected chi connectivity index (χ3v) is 6.95. The lowest BCUT2D eigenvalue weighted by Crippen LogP contribution is -2.39. The molecule has 0 bridgehead atoms. The van der Waals surface area contributed by atoms with Crippen LogP contribution in [0.1, 0.15) is 80.2 Å². The topological polar surface area (TPSA) is 159 Å². The molecule has 1 aromatic carbocycles. The normalized spacial score (nSPS) is 15.1. The highest BCUT2D eigenvalue weighted by Crippen LogP contribution is 2.30. The molecule has 12 nitrogen and oxygen atoms in total. The number of carbonyl (C=O) groups excluding carboxylic acids is 4. The van der Waals surface area contributed by atoms with Crippen LogP contribution in [-0.2, 0) is 34.9 Å². The van der Waals surface area contributed by atoms with Crippen LogP contribution in [0, 0.1) is 17.8 Å². The van der Waals surface area contributed by atoms with Gasteiger partial charge in [-0.1, -0.05) is 66.9 Å². The van der Waals surface area contributed by atoms with E-state index in [-0.39, 0.29) is 55.5 Å². The molecule has 1 rings (SSSR count). The van der Waals surface area contributed by atoms with Crippen LogP contribution < -0.4 is 15.2 Å². The summed E-state index contributed by atoms with van der Waals surface area (Å²) in [6.07, 6.45) is -1.90. The third kappa shape index (κ3) is 15.0. The fourth-order valence-electron chi connectivity index (χ4n) is 3.05. The summed E-state index contributed by atoms with van der Waals surface area (Å²) < 4.78 is 36.6. The molecule has 0 aromatic heterocycles. The summed E-state index contributed by atoms with van der Waals surface area (Å²) in [6.45, 7) is 15.4. The van der Waals surface area contributed by atoms with Gasteiger partial charge < -0.3 is 38.9 Å². The van der Waals surface area contributed by atoms with Crippen molar-refractivity contribution in [3.05, 3.63) is 23.8 Å². The minimum atomic E-state index is -1.11. The summed E-state index contributed by atoms with van der Waals surface area (Å²) in [4.78, 5) is 49.2. The largest absolute Gasteiger partial charge is 0.513 e. The molecule has 244 valence electrons. The van der Waals surface area contributed by atoms with E-state index in [9.17, 15) is 19.2 Å². The zero-order valence-electron chi connectivity index (χ0n) is 26.7. The van der Waals surface area contributed by atoms with Gasteiger partial charge in [0, 0.05) is 0 Å². The zero-order valence-corrected chi connectivity index (χ0v) is 26.7. The maximum Gasteiger partial charge on any atom is 0.513 e. The predicted molar refractivity (Wildman–Crippen MR) is 158 cm³/mol. The van der Waals surface area contributed by atoms with E-state index in [1.165, 1.54) is 12.1 Å². The van der Waals surface area contributed by atoms with Crippen LogP contribution in [0.3, 0.4) is 0 Å². The van der Waals surface area contributed by atoms with E-state index in [1.54, 1.807) is 19.9 Å². The van der Waals surface area contributed by atoms with Crippen LogP contribution in [0.4, 0.5) is 14.4 Å². The van der Waals surface area contributed by atoms with Crippen LogP contribution in [0.5, 0.6) is 11.5 Å². The molecular formula is C31H49NO11.